The van der Waals surface area contributed by atoms with Crippen molar-refractivity contribution in [3.63, 3.8) is 0 Å². The lowest BCUT2D eigenvalue weighted by Gasteiger charge is -2.22. The van der Waals surface area contributed by atoms with Crippen LogP contribution in [-0.4, -0.2) is 34.9 Å². The van der Waals surface area contributed by atoms with Crippen molar-refractivity contribution in [2.45, 2.75) is 231 Å². The molecule has 262 valence electrons. The molecule has 0 aromatic heterocycles. The minimum Gasteiger partial charge on any atom is -0.394 e. The first-order valence-electron chi connectivity index (χ1n) is 19.9. The van der Waals surface area contributed by atoms with Gasteiger partial charge < -0.3 is 15.5 Å². The Labute approximate surface area is 276 Å². The first-order valence-corrected chi connectivity index (χ1v) is 19.9. The van der Waals surface area contributed by atoms with Crippen LogP contribution in [-0.2, 0) is 4.79 Å². The highest BCUT2D eigenvalue weighted by Crippen LogP contribution is 2.15. The molecule has 0 aromatic rings. The number of allylic oxidation sites excluding steroid dienone is 2. The minimum atomic E-state index is -0.652. The molecule has 0 heterocycles. The number of rotatable bonds is 36. The van der Waals surface area contributed by atoms with Gasteiger partial charge in [0.2, 0.25) is 5.91 Å². The molecule has 0 aromatic carbocycles. The van der Waals surface area contributed by atoms with Gasteiger partial charge in [-0.3, -0.25) is 4.79 Å². The summed E-state index contributed by atoms with van der Waals surface area (Å²) < 4.78 is 0. The molecule has 0 saturated heterocycles. The lowest BCUT2D eigenvalue weighted by molar-refractivity contribution is -0.123. The molecule has 0 aliphatic heterocycles. The van der Waals surface area contributed by atoms with E-state index in [1.165, 1.54) is 167 Å². The summed E-state index contributed by atoms with van der Waals surface area (Å²) in [5.41, 5.74) is 0. The molecule has 0 bridgehead atoms. The summed E-state index contributed by atoms with van der Waals surface area (Å²) in [5, 5.41) is 22.9. The number of amides is 1. The van der Waals surface area contributed by atoms with Gasteiger partial charge in [-0.25, -0.2) is 0 Å². The molecule has 4 nitrogen and oxygen atoms in total. The Bertz CT molecular complexity index is 593. The molecule has 2 unspecified atom stereocenters. The largest absolute Gasteiger partial charge is 0.394 e. The normalized spacial score (nSPS) is 13.1. The monoisotopic (exact) mass is 622 g/mol. The number of carbonyl (C=O) groups excluding carboxylic acids is 1. The van der Waals surface area contributed by atoms with E-state index in [2.05, 4.69) is 31.3 Å². The summed E-state index contributed by atoms with van der Waals surface area (Å²) in [6.45, 7) is 4.32. The molecule has 0 rings (SSSR count). The van der Waals surface area contributed by atoms with Crippen LogP contribution >= 0.6 is 0 Å². The third kappa shape index (κ3) is 32.5. The molecule has 0 spiro atoms. The molecule has 0 aliphatic carbocycles. The topological polar surface area (TPSA) is 69.6 Å². The highest BCUT2D eigenvalue weighted by Gasteiger charge is 2.19. The van der Waals surface area contributed by atoms with Gasteiger partial charge in [0.05, 0.1) is 18.8 Å². The Kier molecular flexibility index (Phi) is 35.9. The van der Waals surface area contributed by atoms with Crippen molar-refractivity contribution < 1.29 is 15.0 Å². The third-order valence-corrected chi connectivity index (χ3v) is 9.28. The third-order valence-electron chi connectivity index (χ3n) is 9.28. The highest BCUT2D eigenvalue weighted by molar-refractivity contribution is 5.76. The van der Waals surface area contributed by atoms with Crippen molar-refractivity contribution >= 4 is 5.91 Å². The summed E-state index contributed by atoms with van der Waals surface area (Å²) >= 11 is 0. The van der Waals surface area contributed by atoms with Crippen LogP contribution < -0.4 is 5.32 Å². The Morgan fingerprint density at radius 1 is 0.523 bits per heavy atom. The Balaban J connectivity index is 3.41. The zero-order valence-corrected chi connectivity index (χ0v) is 29.9. The van der Waals surface area contributed by atoms with Crippen LogP contribution in [0, 0.1) is 0 Å². The van der Waals surface area contributed by atoms with Crippen LogP contribution in [0.4, 0.5) is 0 Å². The standard InChI is InChI=1S/C40H79NO3/c1-3-5-7-9-11-12-13-14-15-16-17-18-19-20-21-22-23-24-25-26-27-28-30-32-34-36-40(44)41-38(37-42)39(43)35-33-31-29-10-8-6-4-2/h16-17,38-39,42-43H,3-15,18-37H2,1-2H3,(H,41,44)/b17-16-. The van der Waals surface area contributed by atoms with E-state index < -0.39 is 12.1 Å². The quantitative estimate of drug-likeness (QED) is 0.0481. The van der Waals surface area contributed by atoms with Crippen molar-refractivity contribution in [1.82, 2.24) is 5.32 Å². The fourth-order valence-electron chi connectivity index (χ4n) is 6.18. The van der Waals surface area contributed by atoms with Gasteiger partial charge in [0.25, 0.3) is 0 Å². The van der Waals surface area contributed by atoms with Crippen LogP contribution in [0.3, 0.4) is 0 Å². The molecule has 0 radical (unpaired) electrons. The number of nitrogens with one attached hydrogen (secondary N) is 1. The molecule has 2 atom stereocenters. The molecule has 0 saturated carbocycles. The zero-order chi connectivity index (χ0) is 32.2. The molecule has 1 amide bonds. The minimum absolute atomic E-state index is 0.0341. The van der Waals surface area contributed by atoms with E-state index >= 15 is 0 Å². The first kappa shape index (κ1) is 43.1. The summed E-state index contributed by atoms with van der Waals surface area (Å²) in [4.78, 5) is 12.3. The van der Waals surface area contributed by atoms with Gasteiger partial charge in [-0.15, -0.1) is 0 Å². The lowest BCUT2D eigenvalue weighted by Crippen LogP contribution is -2.45. The molecular formula is C40H79NO3. The Hall–Kier alpha value is -0.870. The van der Waals surface area contributed by atoms with E-state index in [9.17, 15) is 15.0 Å². The van der Waals surface area contributed by atoms with Crippen LogP contribution in [0.25, 0.3) is 0 Å². The second-order valence-corrected chi connectivity index (χ2v) is 13.7. The Morgan fingerprint density at radius 3 is 1.25 bits per heavy atom. The van der Waals surface area contributed by atoms with Crippen LogP contribution in [0.1, 0.15) is 219 Å². The van der Waals surface area contributed by atoms with Gasteiger partial charge in [0, 0.05) is 6.42 Å². The van der Waals surface area contributed by atoms with E-state index in [0.717, 1.165) is 25.7 Å². The molecule has 44 heavy (non-hydrogen) atoms. The van der Waals surface area contributed by atoms with Crippen molar-refractivity contribution in [1.29, 1.82) is 0 Å². The zero-order valence-electron chi connectivity index (χ0n) is 29.9. The number of unbranched alkanes of at least 4 members (excludes halogenated alkanes) is 27. The van der Waals surface area contributed by atoms with E-state index in [-0.39, 0.29) is 12.5 Å². The fraction of sp³-hybridized carbons (Fsp3) is 0.925. The van der Waals surface area contributed by atoms with E-state index in [1.807, 2.05) is 0 Å². The van der Waals surface area contributed by atoms with Gasteiger partial charge in [0.15, 0.2) is 0 Å². The van der Waals surface area contributed by atoms with Crippen LogP contribution in [0.5, 0.6) is 0 Å². The van der Waals surface area contributed by atoms with E-state index in [4.69, 9.17) is 0 Å². The van der Waals surface area contributed by atoms with Crippen molar-refractivity contribution in [3.8, 4) is 0 Å². The number of aliphatic hydroxyl groups excluding tert-OH is 2. The molecule has 3 N–H and O–H groups in total. The fourth-order valence-corrected chi connectivity index (χ4v) is 6.18. The molecule has 4 heteroatoms. The number of aliphatic hydroxyl groups is 2. The SMILES string of the molecule is CCCCCCCCCC/C=C\CCCCCCCCCCCCCCCC(=O)NC(CO)C(O)CCCCCCCCC. The molecule has 0 fully saturated rings. The van der Waals surface area contributed by atoms with Gasteiger partial charge in [-0.1, -0.05) is 187 Å². The van der Waals surface area contributed by atoms with Gasteiger partial charge in [-0.2, -0.15) is 0 Å². The second kappa shape index (κ2) is 36.6. The second-order valence-electron chi connectivity index (χ2n) is 13.7. The van der Waals surface area contributed by atoms with Crippen molar-refractivity contribution in [2.24, 2.45) is 0 Å². The predicted molar refractivity (Wildman–Crippen MR) is 193 cm³/mol. The number of carbonyl (C=O) groups is 1. The van der Waals surface area contributed by atoms with E-state index in [0.29, 0.717) is 12.8 Å². The Morgan fingerprint density at radius 2 is 0.864 bits per heavy atom. The predicted octanol–water partition coefficient (Wildman–Crippen LogP) is 11.9. The molecule has 0 aliphatic rings. The average Bonchev–Trinajstić information content (AvgIpc) is 3.03. The lowest BCUT2D eigenvalue weighted by atomic mass is 10.0. The maximum Gasteiger partial charge on any atom is 0.220 e. The van der Waals surface area contributed by atoms with Gasteiger partial charge in [0.1, 0.15) is 0 Å². The number of hydrogen-bond donors (Lipinski definition) is 3. The summed E-state index contributed by atoms with van der Waals surface area (Å²) in [7, 11) is 0. The summed E-state index contributed by atoms with van der Waals surface area (Å²) in [6.07, 6.45) is 44.4. The summed E-state index contributed by atoms with van der Waals surface area (Å²) in [5.74, 6) is -0.0341. The van der Waals surface area contributed by atoms with E-state index in [1.54, 1.807) is 0 Å². The van der Waals surface area contributed by atoms with Crippen LogP contribution in [0.2, 0.25) is 0 Å². The highest BCUT2D eigenvalue weighted by atomic mass is 16.3. The van der Waals surface area contributed by atoms with Crippen molar-refractivity contribution in [2.75, 3.05) is 6.61 Å². The smallest absolute Gasteiger partial charge is 0.220 e. The van der Waals surface area contributed by atoms with Gasteiger partial charge in [-0.05, 0) is 38.5 Å². The van der Waals surface area contributed by atoms with Crippen molar-refractivity contribution in [3.05, 3.63) is 12.2 Å². The number of hydrogen-bond acceptors (Lipinski definition) is 3. The summed E-state index contributed by atoms with van der Waals surface area (Å²) in [6, 6.07) is -0.529. The first-order chi connectivity index (χ1) is 21.7. The average molecular weight is 622 g/mol. The maximum absolute atomic E-state index is 12.3. The van der Waals surface area contributed by atoms with Gasteiger partial charge >= 0.3 is 0 Å². The molecular weight excluding hydrogens is 542 g/mol. The van der Waals surface area contributed by atoms with Crippen LogP contribution in [0.15, 0.2) is 12.2 Å². The maximum atomic E-state index is 12.3.